The summed E-state index contributed by atoms with van der Waals surface area (Å²) in [7, 11) is -1.16. The molecule has 0 aliphatic carbocycles. The van der Waals surface area contributed by atoms with Crippen LogP contribution in [0.15, 0.2) is 48.5 Å². The van der Waals surface area contributed by atoms with Gasteiger partial charge in [0.1, 0.15) is 0 Å². The SMILES string of the molecule is CC(=O)Nc1ccc(CP(O)Cc2ccc(NC(C)=O)cc2)cc1. The normalized spacial score (nSPS) is 10.5. The zero-order valence-corrected chi connectivity index (χ0v) is 14.6. The number of hydrogen-bond donors (Lipinski definition) is 3. The Kier molecular flexibility index (Phi) is 6.47. The molecule has 0 bridgehead atoms. The molecule has 0 radical (unpaired) electrons. The van der Waals surface area contributed by atoms with Crippen molar-refractivity contribution in [3.05, 3.63) is 59.7 Å². The first kappa shape index (κ1) is 18.1. The Balaban J connectivity index is 1.89. The van der Waals surface area contributed by atoms with E-state index in [1.807, 2.05) is 48.5 Å². The molecule has 5 nitrogen and oxygen atoms in total. The van der Waals surface area contributed by atoms with E-state index in [4.69, 9.17) is 0 Å². The highest BCUT2D eigenvalue weighted by Gasteiger charge is 2.08. The Labute approximate surface area is 142 Å². The molecule has 24 heavy (non-hydrogen) atoms. The van der Waals surface area contributed by atoms with E-state index >= 15 is 0 Å². The standard InChI is InChI=1S/C18H21N2O3P/c1-13(21)19-17-7-3-15(4-8-17)11-24(23)12-16-5-9-18(10-6-16)20-14(2)22/h3-10,23H,11-12H2,1-2H3,(H,19,21)(H,20,22). The number of anilines is 2. The van der Waals surface area contributed by atoms with Gasteiger partial charge < -0.3 is 15.5 Å². The summed E-state index contributed by atoms with van der Waals surface area (Å²) in [6, 6.07) is 15.0. The van der Waals surface area contributed by atoms with Gasteiger partial charge in [0.25, 0.3) is 0 Å². The molecule has 0 atom stereocenters. The van der Waals surface area contributed by atoms with Gasteiger partial charge in [0.2, 0.25) is 11.8 Å². The highest BCUT2D eigenvalue weighted by Crippen LogP contribution is 2.39. The van der Waals surface area contributed by atoms with Crippen LogP contribution in [0.4, 0.5) is 11.4 Å². The summed E-state index contributed by atoms with van der Waals surface area (Å²) < 4.78 is 0. The average Bonchev–Trinajstić information content (AvgIpc) is 2.50. The summed E-state index contributed by atoms with van der Waals surface area (Å²) in [5.74, 6) is -0.204. The van der Waals surface area contributed by atoms with Crippen LogP contribution in [0.1, 0.15) is 25.0 Å². The van der Waals surface area contributed by atoms with Gasteiger partial charge in [-0.1, -0.05) is 24.3 Å². The van der Waals surface area contributed by atoms with Gasteiger partial charge in [-0.25, -0.2) is 0 Å². The number of nitrogens with one attached hydrogen (secondary N) is 2. The molecule has 2 aromatic rings. The lowest BCUT2D eigenvalue weighted by atomic mass is 10.2. The molecule has 6 heteroatoms. The summed E-state index contributed by atoms with van der Waals surface area (Å²) in [5, 5.41) is 5.44. The number of benzene rings is 2. The van der Waals surface area contributed by atoms with Crippen molar-refractivity contribution in [2.45, 2.75) is 26.2 Å². The van der Waals surface area contributed by atoms with Crippen molar-refractivity contribution in [3.8, 4) is 0 Å². The van der Waals surface area contributed by atoms with E-state index in [0.717, 1.165) is 22.5 Å². The topological polar surface area (TPSA) is 78.4 Å². The first-order chi connectivity index (χ1) is 11.4. The lowest BCUT2D eigenvalue weighted by Crippen LogP contribution is -2.05. The van der Waals surface area contributed by atoms with Crippen LogP contribution in [-0.2, 0) is 21.9 Å². The Bertz CT molecular complexity index is 638. The van der Waals surface area contributed by atoms with Gasteiger partial charge >= 0.3 is 0 Å². The van der Waals surface area contributed by atoms with Gasteiger partial charge in [0, 0.05) is 45.7 Å². The minimum Gasteiger partial charge on any atom is -0.373 e. The lowest BCUT2D eigenvalue weighted by Gasteiger charge is -2.12. The molecule has 2 aromatic carbocycles. The molecule has 0 aliphatic rings. The molecule has 126 valence electrons. The molecular weight excluding hydrogens is 323 g/mol. The third-order valence-corrected chi connectivity index (χ3v) is 4.74. The van der Waals surface area contributed by atoms with Crippen LogP contribution in [0, 0.1) is 0 Å². The van der Waals surface area contributed by atoms with Crippen molar-refractivity contribution >= 4 is 31.3 Å². The van der Waals surface area contributed by atoms with Crippen molar-refractivity contribution in [2.24, 2.45) is 0 Å². The second-order valence-electron chi connectivity index (χ2n) is 5.58. The van der Waals surface area contributed by atoms with Gasteiger partial charge in [0.05, 0.1) is 0 Å². The third kappa shape index (κ3) is 6.11. The Morgan fingerprint density at radius 2 is 1.12 bits per heavy atom. The van der Waals surface area contributed by atoms with Gasteiger partial charge in [0.15, 0.2) is 0 Å². The number of carbonyl (C=O) groups is 2. The van der Waals surface area contributed by atoms with Crippen molar-refractivity contribution in [2.75, 3.05) is 10.6 Å². The fourth-order valence-electron chi connectivity index (χ4n) is 2.27. The molecule has 0 saturated heterocycles. The lowest BCUT2D eigenvalue weighted by molar-refractivity contribution is -0.115. The molecule has 3 N–H and O–H groups in total. The fourth-order valence-corrected chi connectivity index (χ4v) is 3.65. The van der Waals surface area contributed by atoms with E-state index in [2.05, 4.69) is 10.6 Å². The predicted octanol–water partition coefficient (Wildman–Crippen LogP) is 3.69. The van der Waals surface area contributed by atoms with E-state index in [0.29, 0.717) is 12.3 Å². The summed E-state index contributed by atoms with van der Waals surface area (Å²) in [5.41, 5.74) is 3.57. The highest BCUT2D eigenvalue weighted by molar-refractivity contribution is 7.49. The maximum Gasteiger partial charge on any atom is 0.221 e. The summed E-state index contributed by atoms with van der Waals surface area (Å²) in [4.78, 5) is 32.3. The number of rotatable bonds is 6. The van der Waals surface area contributed by atoms with Gasteiger partial charge in [-0.15, -0.1) is 0 Å². The van der Waals surface area contributed by atoms with E-state index in [1.54, 1.807) is 0 Å². The first-order valence-corrected chi connectivity index (χ1v) is 9.26. The van der Waals surface area contributed by atoms with Crippen LogP contribution >= 0.6 is 8.15 Å². The molecule has 0 aliphatic heterocycles. The second kappa shape index (κ2) is 8.57. The van der Waals surface area contributed by atoms with Crippen LogP contribution < -0.4 is 10.6 Å². The molecule has 0 spiro atoms. The molecule has 0 heterocycles. The molecular formula is C18H21N2O3P. The smallest absolute Gasteiger partial charge is 0.221 e. The second-order valence-corrected chi connectivity index (χ2v) is 7.22. The van der Waals surface area contributed by atoms with Gasteiger partial charge in [-0.3, -0.25) is 9.59 Å². The van der Waals surface area contributed by atoms with Crippen LogP contribution in [0.3, 0.4) is 0 Å². The molecule has 2 amide bonds. The van der Waals surface area contributed by atoms with E-state index in [-0.39, 0.29) is 11.8 Å². The maximum absolute atomic E-state index is 11.0. The minimum atomic E-state index is -1.16. The fraction of sp³-hybridized carbons (Fsp3) is 0.222. The van der Waals surface area contributed by atoms with Crippen LogP contribution in [0.2, 0.25) is 0 Å². The van der Waals surface area contributed by atoms with Crippen molar-refractivity contribution < 1.29 is 14.5 Å². The molecule has 0 aromatic heterocycles. The van der Waals surface area contributed by atoms with Crippen LogP contribution in [0.5, 0.6) is 0 Å². The van der Waals surface area contributed by atoms with Crippen LogP contribution in [0.25, 0.3) is 0 Å². The maximum atomic E-state index is 11.0. The zero-order valence-electron chi connectivity index (χ0n) is 13.7. The van der Waals surface area contributed by atoms with Crippen molar-refractivity contribution in [3.63, 3.8) is 0 Å². The Morgan fingerprint density at radius 3 is 1.42 bits per heavy atom. The van der Waals surface area contributed by atoms with Gasteiger partial charge in [-0.2, -0.15) is 0 Å². The number of hydrogen-bond acceptors (Lipinski definition) is 3. The molecule has 2 rings (SSSR count). The molecule has 0 unspecified atom stereocenters. The summed E-state index contributed by atoms with van der Waals surface area (Å²) >= 11 is 0. The molecule has 0 fully saturated rings. The first-order valence-electron chi connectivity index (χ1n) is 7.59. The number of carbonyl (C=O) groups excluding carboxylic acids is 2. The average molecular weight is 344 g/mol. The molecule has 0 saturated carbocycles. The quantitative estimate of drug-likeness (QED) is 0.699. The van der Waals surface area contributed by atoms with E-state index < -0.39 is 8.15 Å². The van der Waals surface area contributed by atoms with Crippen molar-refractivity contribution in [1.82, 2.24) is 0 Å². The van der Waals surface area contributed by atoms with Gasteiger partial charge in [-0.05, 0) is 35.4 Å². The van der Waals surface area contributed by atoms with E-state index in [1.165, 1.54) is 13.8 Å². The highest BCUT2D eigenvalue weighted by atomic mass is 31.1. The Hall–Kier alpha value is -2.23. The zero-order chi connectivity index (χ0) is 17.5. The predicted molar refractivity (Wildman–Crippen MR) is 98.0 cm³/mol. The number of amides is 2. The largest absolute Gasteiger partial charge is 0.373 e. The Morgan fingerprint density at radius 1 is 0.792 bits per heavy atom. The third-order valence-electron chi connectivity index (χ3n) is 3.28. The summed E-state index contributed by atoms with van der Waals surface area (Å²) in [6.07, 6.45) is 1.20. The van der Waals surface area contributed by atoms with Crippen LogP contribution in [-0.4, -0.2) is 16.7 Å². The monoisotopic (exact) mass is 344 g/mol. The van der Waals surface area contributed by atoms with E-state index in [9.17, 15) is 14.5 Å². The van der Waals surface area contributed by atoms with Crippen molar-refractivity contribution in [1.29, 1.82) is 0 Å². The minimum absolute atomic E-state index is 0.102. The summed E-state index contributed by atoms with van der Waals surface area (Å²) in [6.45, 7) is 2.94.